The molecule has 0 bridgehead atoms. The van der Waals surface area contributed by atoms with Crippen LogP contribution in [0.5, 0.6) is 0 Å². The molecule has 1 unspecified atom stereocenters. The maximum atomic E-state index is 13.5. The van der Waals surface area contributed by atoms with Gasteiger partial charge in [0.25, 0.3) is 5.91 Å². The fourth-order valence-corrected chi connectivity index (χ4v) is 2.07. The zero-order valence-corrected chi connectivity index (χ0v) is 10.1. The van der Waals surface area contributed by atoms with Crippen LogP contribution in [0.2, 0.25) is 0 Å². The average molecular weight is 276 g/mol. The summed E-state index contributed by atoms with van der Waals surface area (Å²) in [7, 11) is 1.35. The van der Waals surface area contributed by atoms with Gasteiger partial charge in [0.15, 0.2) is 23.3 Å². The lowest BCUT2D eigenvalue weighted by molar-refractivity contribution is 0.0731. The van der Waals surface area contributed by atoms with E-state index in [-0.39, 0.29) is 12.1 Å². The molecule has 1 aliphatic rings. The second-order valence-corrected chi connectivity index (χ2v) is 4.41. The molecule has 1 saturated heterocycles. The fraction of sp³-hybridized carbons (Fsp3) is 0.417. The highest BCUT2D eigenvalue weighted by atomic mass is 19.2. The normalized spacial score (nSPS) is 18.7. The Labute approximate surface area is 107 Å². The third kappa shape index (κ3) is 2.42. The van der Waals surface area contributed by atoms with Crippen molar-refractivity contribution in [2.45, 2.75) is 12.5 Å². The highest BCUT2D eigenvalue weighted by Crippen LogP contribution is 2.22. The number of likely N-dealkylation sites (N-methyl/N-ethyl adjacent to an activating group) is 1. The molecule has 1 fully saturated rings. The van der Waals surface area contributed by atoms with Crippen LogP contribution in [0.3, 0.4) is 0 Å². The fourth-order valence-electron chi connectivity index (χ4n) is 2.07. The summed E-state index contributed by atoms with van der Waals surface area (Å²) in [6.07, 6.45) is 0.614. The number of amides is 1. The van der Waals surface area contributed by atoms with E-state index in [0.29, 0.717) is 19.5 Å². The van der Waals surface area contributed by atoms with Gasteiger partial charge in [0.1, 0.15) is 5.56 Å². The van der Waals surface area contributed by atoms with Crippen LogP contribution >= 0.6 is 0 Å². The summed E-state index contributed by atoms with van der Waals surface area (Å²) < 4.78 is 53.1. The minimum absolute atomic E-state index is 0.0819. The Morgan fingerprint density at radius 2 is 1.84 bits per heavy atom. The molecule has 1 heterocycles. The van der Waals surface area contributed by atoms with Crippen molar-refractivity contribution in [1.82, 2.24) is 10.2 Å². The summed E-state index contributed by atoms with van der Waals surface area (Å²) in [5.74, 6) is -7.56. The van der Waals surface area contributed by atoms with Gasteiger partial charge in [-0.25, -0.2) is 17.6 Å². The topological polar surface area (TPSA) is 32.3 Å². The number of nitrogens with one attached hydrogen (secondary N) is 1. The van der Waals surface area contributed by atoms with E-state index in [9.17, 15) is 22.4 Å². The van der Waals surface area contributed by atoms with E-state index < -0.39 is 34.7 Å². The summed E-state index contributed by atoms with van der Waals surface area (Å²) in [4.78, 5) is 13.1. The second kappa shape index (κ2) is 5.16. The van der Waals surface area contributed by atoms with E-state index in [1.54, 1.807) is 0 Å². The van der Waals surface area contributed by atoms with Gasteiger partial charge in [-0.3, -0.25) is 4.79 Å². The van der Waals surface area contributed by atoms with Crippen LogP contribution in [-0.4, -0.2) is 37.0 Å². The Bertz CT molecular complexity index is 489. The van der Waals surface area contributed by atoms with Crippen LogP contribution in [0, 0.1) is 23.3 Å². The van der Waals surface area contributed by atoms with Crippen LogP contribution < -0.4 is 5.32 Å². The number of rotatable bonds is 2. The SMILES string of the molecule is CN(C(=O)c1c(F)c(F)cc(F)c1F)C1CCNC1. The van der Waals surface area contributed by atoms with Crippen molar-refractivity contribution in [2.24, 2.45) is 0 Å². The van der Waals surface area contributed by atoms with Gasteiger partial charge < -0.3 is 10.2 Å². The number of carbonyl (C=O) groups is 1. The third-order valence-corrected chi connectivity index (χ3v) is 3.23. The van der Waals surface area contributed by atoms with Crippen LogP contribution in [0.4, 0.5) is 17.6 Å². The van der Waals surface area contributed by atoms with Gasteiger partial charge >= 0.3 is 0 Å². The predicted octanol–water partition coefficient (Wildman–Crippen LogP) is 1.68. The molecular weight excluding hydrogens is 264 g/mol. The van der Waals surface area contributed by atoms with E-state index in [4.69, 9.17) is 0 Å². The first-order valence-electron chi connectivity index (χ1n) is 5.74. The molecule has 19 heavy (non-hydrogen) atoms. The van der Waals surface area contributed by atoms with Crippen LogP contribution in [0.15, 0.2) is 6.07 Å². The molecule has 0 aliphatic carbocycles. The number of hydrogen-bond donors (Lipinski definition) is 1. The standard InChI is InChI=1S/C12H12F4N2O/c1-18(6-2-3-17-5-6)12(19)9-10(15)7(13)4-8(14)11(9)16/h4,6,17H,2-3,5H2,1H3. The van der Waals surface area contributed by atoms with E-state index in [1.807, 2.05) is 0 Å². The Balaban J connectivity index is 2.38. The summed E-state index contributed by atoms with van der Waals surface area (Å²) in [5.41, 5.74) is -1.19. The number of benzene rings is 1. The minimum atomic E-state index is -1.67. The summed E-state index contributed by atoms with van der Waals surface area (Å²) >= 11 is 0. The maximum absolute atomic E-state index is 13.5. The molecule has 0 radical (unpaired) electrons. The number of carbonyl (C=O) groups excluding carboxylic acids is 1. The average Bonchev–Trinajstić information content (AvgIpc) is 2.89. The van der Waals surface area contributed by atoms with Gasteiger partial charge in [-0.15, -0.1) is 0 Å². The van der Waals surface area contributed by atoms with Gasteiger partial charge in [-0.05, 0) is 13.0 Å². The van der Waals surface area contributed by atoms with Gasteiger partial charge in [0.05, 0.1) is 0 Å². The monoisotopic (exact) mass is 276 g/mol. The Kier molecular flexibility index (Phi) is 3.75. The van der Waals surface area contributed by atoms with Crippen molar-refractivity contribution in [3.63, 3.8) is 0 Å². The molecular formula is C12H12F4N2O. The summed E-state index contributed by atoms with van der Waals surface area (Å²) in [6, 6.07) is -0.170. The first-order valence-corrected chi connectivity index (χ1v) is 5.74. The van der Waals surface area contributed by atoms with Crippen LogP contribution in [-0.2, 0) is 0 Å². The molecule has 2 rings (SSSR count). The van der Waals surface area contributed by atoms with Crippen LogP contribution in [0.1, 0.15) is 16.8 Å². The number of halogens is 4. The summed E-state index contributed by atoms with van der Waals surface area (Å²) in [6.45, 7) is 1.15. The molecule has 1 aliphatic heterocycles. The molecule has 7 heteroatoms. The molecule has 104 valence electrons. The van der Waals surface area contributed by atoms with E-state index >= 15 is 0 Å². The molecule has 1 N–H and O–H groups in total. The smallest absolute Gasteiger partial charge is 0.260 e. The lowest BCUT2D eigenvalue weighted by Crippen LogP contribution is -2.39. The van der Waals surface area contributed by atoms with Crippen molar-refractivity contribution < 1.29 is 22.4 Å². The highest BCUT2D eigenvalue weighted by molar-refractivity contribution is 5.95. The molecule has 0 saturated carbocycles. The molecule has 3 nitrogen and oxygen atoms in total. The number of hydrogen-bond acceptors (Lipinski definition) is 2. The van der Waals surface area contributed by atoms with E-state index in [1.165, 1.54) is 7.05 Å². The maximum Gasteiger partial charge on any atom is 0.260 e. The van der Waals surface area contributed by atoms with Gasteiger partial charge in [0.2, 0.25) is 0 Å². The number of nitrogens with zero attached hydrogens (tertiary/aromatic N) is 1. The largest absolute Gasteiger partial charge is 0.337 e. The van der Waals surface area contributed by atoms with Crippen LogP contribution in [0.25, 0.3) is 0 Å². The van der Waals surface area contributed by atoms with Crippen molar-refractivity contribution in [3.05, 3.63) is 34.9 Å². The molecule has 0 aromatic heterocycles. The molecule has 1 atom stereocenters. The Morgan fingerprint density at radius 1 is 1.26 bits per heavy atom. The predicted molar refractivity (Wildman–Crippen MR) is 59.6 cm³/mol. The minimum Gasteiger partial charge on any atom is -0.337 e. The summed E-state index contributed by atoms with van der Waals surface area (Å²) in [5, 5.41) is 2.98. The lowest BCUT2D eigenvalue weighted by atomic mass is 10.1. The van der Waals surface area contributed by atoms with E-state index in [2.05, 4.69) is 5.32 Å². The quantitative estimate of drug-likeness (QED) is 0.658. The van der Waals surface area contributed by atoms with Crippen molar-refractivity contribution in [3.8, 4) is 0 Å². The zero-order chi connectivity index (χ0) is 14.2. The highest BCUT2D eigenvalue weighted by Gasteiger charge is 2.30. The Morgan fingerprint density at radius 3 is 2.32 bits per heavy atom. The van der Waals surface area contributed by atoms with E-state index in [0.717, 1.165) is 4.90 Å². The first-order chi connectivity index (χ1) is 8.93. The molecule has 0 spiro atoms. The second-order valence-electron chi connectivity index (χ2n) is 4.41. The van der Waals surface area contributed by atoms with Crippen molar-refractivity contribution in [2.75, 3.05) is 20.1 Å². The van der Waals surface area contributed by atoms with Gasteiger partial charge in [0, 0.05) is 25.7 Å². The third-order valence-electron chi connectivity index (χ3n) is 3.23. The zero-order valence-electron chi connectivity index (χ0n) is 10.1. The molecule has 1 aromatic carbocycles. The Hall–Kier alpha value is -1.63. The van der Waals surface area contributed by atoms with Crippen molar-refractivity contribution in [1.29, 1.82) is 0 Å². The van der Waals surface area contributed by atoms with Gasteiger partial charge in [-0.1, -0.05) is 0 Å². The molecule has 1 amide bonds. The van der Waals surface area contributed by atoms with Crippen molar-refractivity contribution >= 4 is 5.91 Å². The van der Waals surface area contributed by atoms with Gasteiger partial charge in [-0.2, -0.15) is 0 Å². The molecule has 1 aromatic rings. The first kappa shape index (κ1) is 13.8. The lowest BCUT2D eigenvalue weighted by Gasteiger charge is -2.24.